The Bertz CT molecular complexity index is 1390. The van der Waals surface area contributed by atoms with Crippen LogP contribution in [-0.2, 0) is 27.5 Å². The van der Waals surface area contributed by atoms with Crippen LogP contribution in [-0.4, -0.2) is 83.2 Å². The van der Waals surface area contributed by atoms with Crippen LogP contribution in [0.1, 0.15) is 37.3 Å². The number of amides is 3. The van der Waals surface area contributed by atoms with Crippen LogP contribution in [0.5, 0.6) is 0 Å². The van der Waals surface area contributed by atoms with Crippen molar-refractivity contribution < 1.29 is 14.4 Å². The number of nitrogens with two attached hydrogens (primary N) is 1. The van der Waals surface area contributed by atoms with Crippen LogP contribution in [0.4, 0.5) is 5.69 Å². The lowest BCUT2D eigenvalue weighted by Crippen LogP contribution is -2.46. The van der Waals surface area contributed by atoms with Gasteiger partial charge in [-0.05, 0) is 72.8 Å². The van der Waals surface area contributed by atoms with Gasteiger partial charge in [-0.2, -0.15) is 0 Å². The minimum Gasteiger partial charge on any atom is -0.369 e. The van der Waals surface area contributed by atoms with Gasteiger partial charge in [0.05, 0.1) is 6.54 Å². The van der Waals surface area contributed by atoms with Gasteiger partial charge in [0.25, 0.3) is 0 Å². The summed E-state index contributed by atoms with van der Waals surface area (Å²) in [6, 6.07) is 20.4. The molecule has 0 atom stereocenters. The summed E-state index contributed by atoms with van der Waals surface area (Å²) in [6.07, 6.45) is 5.75. The highest BCUT2D eigenvalue weighted by atomic mass is 16.2. The molecular weight excluding hydrogens is 540 g/mol. The lowest BCUT2D eigenvalue weighted by molar-refractivity contribution is -0.133. The summed E-state index contributed by atoms with van der Waals surface area (Å²) >= 11 is 0. The quantitative estimate of drug-likeness (QED) is 0.477. The lowest BCUT2D eigenvalue weighted by Gasteiger charge is -2.33. The van der Waals surface area contributed by atoms with Crippen molar-refractivity contribution in [3.05, 3.63) is 84.2 Å². The minimum atomic E-state index is -0.257. The molecule has 9 nitrogen and oxygen atoms in total. The normalized spacial score (nSPS) is 17.6. The number of aromatic nitrogens is 1. The molecule has 3 amide bonds. The molecule has 0 bridgehead atoms. The average molecular weight is 583 g/mol. The largest absolute Gasteiger partial charge is 0.369 e. The Labute approximate surface area is 254 Å². The van der Waals surface area contributed by atoms with Gasteiger partial charge in [0, 0.05) is 70.2 Å². The van der Waals surface area contributed by atoms with E-state index < -0.39 is 0 Å². The van der Waals surface area contributed by atoms with Crippen LogP contribution in [0.25, 0.3) is 11.1 Å². The Balaban J connectivity index is 1.44. The molecule has 1 saturated heterocycles. The van der Waals surface area contributed by atoms with Gasteiger partial charge in [0.1, 0.15) is 0 Å². The highest BCUT2D eigenvalue weighted by Crippen LogP contribution is 2.30. The zero-order valence-corrected chi connectivity index (χ0v) is 25.0. The van der Waals surface area contributed by atoms with Crippen molar-refractivity contribution in [2.45, 2.75) is 39.3 Å². The summed E-state index contributed by atoms with van der Waals surface area (Å²) in [6.45, 7) is 7.12. The predicted molar refractivity (Wildman–Crippen MR) is 168 cm³/mol. The van der Waals surface area contributed by atoms with Gasteiger partial charge < -0.3 is 15.5 Å². The van der Waals surface area contributed by atoms with E-state index in [0.29, 0.717) is 45.6 Å². The van der Waals surface area contributed by atoms with Crippen molar-refractivity contribution in [3.63, 3.8) is 0 Å². The van der Waals surface area contributed by atoms with Crippen LogP contribution in [0.3, 0.4) is 0 Å². The third-order valence-corrected chi connectivity index (χ3v) is 8.60. The Morgan fingerprint density at radius 2 is 1.65 bits per heavy atom. The SMILES string of the molecule is CC(=O)N1CCCN(Cc2ccccc2)CCN(C(=O)CN2CCC(C(N)=O)CC2)Cc2cc(-c3cccnc3)ccc21. The fourth-order valence-corrected chi connectivity index (χ4v) is 6.13. The molecule has 2 aliphatic heterocycles. The fraction of sp³-hybridized carbons (Fsp3) is 0.412. The Morgan fingerprint density at radius 3 is 2.35 bits per heavy atom. The summed E-state index contributed by atoms with van der Waals surface area (Å²) in [5.41, 5.74) is 10.5. The van der Waals surface area contributed by atoms with Gasteiger partial charge in [-0.3, -0.25) is 29.2 Å². The number of carbonyl (C=O) groups is 3. The number of hydrogen-bond donors (Lipinski definition) is 1. The van der Waals surface area contributed by atoms with Crippen LogP contribution in [0, 0.1) is 5.92 Å². The molecule has 3 aromatic rings. The second-order valence-corrected chi connectivity index (χ2v) is 11.6. The van der Waals surface area contributed by atoms with Gasteiger partial charge in [0.15, 0.2) is 0 Å². The average Bonchev–Trinajstić information content (AvgIpc) is 3.05. The first-order valence-electron chi connectivity index (χ1n) is 15.2. The molecule has 1 fully saturated rings. The van der Waals surface area contributed by atoms with E-state index in [1.54, 1.807) is 13.1 Å². The zero-order chi connectivity index (χ0) is 30.2. The van der Waals surface area contributed by atoms with E-state index >= 15 is 0 Å². The number of nitrogens with zero attached hydrogens (tertiary/aromatic N) is 5. The minimum absolute atomic E-state index is 0.0144. The molecule has 226 valence electrons. The lowest BCUT2D eigenvalue weighted by atomic mass is 9.96. The van der Waals surface area contributed by atoms with Crippen LogP contribution >= 0.6 is 0 Å². The molecule has 0 aliphatic carbocycles. The number of benzene rings is 2. The highest BCUT2D eigenvalue weighted by molar-refractivity contribution is 5.93. The highest BCUT2D eigenvalue weighted by Gasteiger charge is 2.27. The summed E-state index contributed by atoms with van der Waals surface area (Å²) in [5.74, 6) is -0.346. The number of fused-ring (bicyclic) bond motifs is 1. The number of piperidine rings is 1. The molecule has 2 N–H and O–H groups in total. The monoisotopic (exact) mass is 582 g/mol. The van der Waals surface area contributed by atoms with E-state index in [9.17, 15) is 14.4 Å². The Hall–Kier alpha value is -4.08. The molecule has 3 heterocycles. The summed E-state index contributed by atoms with van der Waals surface area (Å²) in [7, 11) is 0. The molecule has 0 radical (unpaired) electrons. The van der Waals surface area contributed by atoms with Crippen molar-refractivity contribution in [1.29, 1.82) is 0 Å². The number of rotatable bonds is 6. The maximum absolute atomic E-state index is 14.0. The van der Waals surface area contributed by atoms with Crippen LogP contribution in [0.15, 0.2) is 73.1 Å². The van der Waals surface area contributed by atoms with Gasteiger partial charge >= 0.3 is 0 Å². The molecule has 1 aromatic heterocycles. The third-order valence-electron chi connectivity index (χ3n) is 8.60. The summed E-state index contributed by atoms with van der Waals surface area (Å²) < 4.78 is 0. The van der Waals surface area contributed by atoms with E-state index in [0.717, 1.165) is 48.4 Å². The second-order valence-electron chi connectivity index (χ2n) is 11.6. The van der Waals surface area contributed by atoms with Crippen molar-refractivity contribution in [1.82, 2.24) is 19.7 Å². The molecule has 0 unspecified atom stereocenters. The van der Waals surface area contributed by atoms with Crippen molar-refractivity contribution in [3.8, 4) is 11.1 Å². The number of anilines is 1. The van der Waals surface area contributed by atoms with Gasteiger partial charge in [-0.1, -0.05) is 42.5 Å². The smallest absolute Gasteiger partial charge is 0.237 e. The number of primary amides is 1. The van der Waals surface area contributed by atoms with Crippen molar-refractivity contribution in [2.24, 2.45) is 11.7 Å². The van der Waals surface area contributed by atoms with E-state index in [1.807, 2.05) is 58.5 Å². The van der Waals surface area contributed by atoms with Gasteiger partial charge in [-0.15, -0.1) is 0 Å². The fourth-order valence-electron chi connectivity index (χ4n) is 6.13. The molecule has 9 heteroatoms. The molecule has 0 spiro atoms. The Kier molecular flexibility index (Phi) is 10.2. The third kappa shape index (κ3) is 8.06. The Morgan fingerprint density at radius 1 is 0.860 bits per heavy atom. The maximum Gasteiger partial charge on any atom is 0.237 e. The van der Waals surface area contributed by atoms with Crippen molar-refractivity contribution in [2.75, 3.05) is 50.7 Å². The molecule has 2 aliphatic rings. The first kappa shape index (κ1) is 30.4. The molecule has 0 saturated carbocycles. The standard InChI is InChI=1S/C34H42N6O3/c1-26(41)40-16-6-15-37(23-27-7-3-2-4-8-27)19-20-39(33(42)25-38-17-12-28(13-18-38)34(35)43)24-31-21-29(10-11-32(31)40)30-9-5-14-36-22-30/h2-5,7-11,14,21-22,28H,6,12-13,15-20,23-25H2,1H3,(H2,35,43). The number of pyridine rings is 1. The summed E-state index contributed by atoms with van der Waals surface area (Å²) in [5, 5.41) is 0. The first-order valence-corrected chi connectivity index (χ1v) is 15.2. The topological polar surface area (TPSA) is 103 Å². The first-order chi connectivity index (χ1) is 20.9. The molecule has 5 rings (SSSR count). The maximum atomic E-state index is 14.0. The summed E-state index contributed by atoms with van der Waals surface area (Å²) in [4.78, 5) is 51.2. The second kappa shape index (κ2) is 14.4. The van der Waals surface area contributed by atoms with Gasteiger partial charge in [-0.25, -0.2) is 0 Å². The zero-order valence-electron chi connectivity index (χ0n) is 25.0. The van der Waals surface area contributed by atoms with Gasteiger partial charge in [0.2, 0.25) is 17.7 Å². The predicted octanol–water partition coefficient (Wildman–Crippen LogP) is 3.53. The number of carbonyl (C=O) groups excluding carboxylic acids is 3. The number of likely N-dealkylation sites (tertiary alicyclic amines) is 1. The van der Waals surface area contributed by atoms with Crippen LogP contribution < -0.4 is 10.6 Å². The van der Waals surface area contributed by atoms with Crippen molar-refractivity contribution >= 4 is 23.4 Å². The number of hydrogen-bond acceptors (Lipinski definition) is 6. The van der Waals surface area contributed by atoms with E-state index in [2.05, 4.69) is 33.0 Å². The van der Waals surface area contributed by atoms with E-state index in [1.165, 1.54) is 5.56 Å². The van der Waals surface area contributed by atoms with E-state index in [-0.39, 0.29) is 30.2 Å². The molecular formula is C34H42N6O3. The van der Waals surface area contributed by atoms with Crippen LogP contribution in [0.2, 0.25) is 0 Å². The van der Waals surface area contributed by atoms with E-state index in [4.69, 9.17) is 5.73 Å². The molecule has 43 heavy (non-hydrogen) atoms. The molecule has 2 aromatic carbocycles.